The van der Waals surface area contributed by atoms with E-state index in [2.05, 4.69) is 22.8 Å². The minimum Gasteiger partial charge on any atom is -0.354 e. The number of hydrogen-bond donors (Lipinski definition) is 2. The van der Waals surface area contributed by atoms with Gasteiger partial charge in [-0.3, -0.25) is 9.59 Å². The Morgan fingerprint density at radius 1 is 1.00 bits per heavy atom. The first kappa shape index (κ1) is 18.0. The van der Waals surface area contributed by atoms with Gasteiger partial charge in [0.15, 0.2) is 0 Å². The summed E-state index contributed by atoms with van der Waals surface area (Å²) >= 11 is 7.65. The fourth-order valence-corrected chi connectivity index (χ4v) is 4.67. The smallest absolute Gasteiger partial charge is 0.263 e. The first-order valence-corrected chi connectivity index (χ1v) is 10.1. The molecule has 1 saturated carbocycles. The Morgan fingerprint density at radius 3 is 2.41 bits per heavy atom. The van der Waals surface area contributed by atoms with E-state index in [1.165, 1.54) is 16.9 Å². The zero-order valence-corrected chi connectivity index (χ0v) is 16.2. The fraction of sp³-hybridized carbons (Fsp3) is 0.238. The number of amides is 2. The molecule has 4 rings (SSSR count). The number of halogens is 1. The van der Waals surface area contributed by atoms with Gasteiger partial charge in [0.25, 0.3) is 5.91 Å². The van der Waals surface area contributed by atoms with E-state index in [-0.39, 0.29) is 23.8 Å². The highest BCUT2D eigenvalue weighted by molar-refractivity contribution is 7.21. The summed E-state index contributed by atoms with van der Waals surface area (Å²) < 4.78 is 0.954. The normalized spacial score (nSPS) is 14.7. The monoisotopic (exact) mass is 398 g/mol. The highest BCUT2D eigenvalue weighted by Gasteiger charge is 2.44. The molecule has 4 nitrogen and oxygen atoms in total. The molecule has 6 heteroatoms. The van der Waals surface area contributed by atoms with Crippen molar-refractivity contribution in [3.63, 3.8) is 0 Å². The summed E-state index contributed by atoms with van der Waals surface area (Å²) in [5.74, 6) is -0.511. The molecule has 138 valence electrons. The van der Waals surface area contributed by atoms with Crippen LogP contribution in [0.4, 0.5) is 0 Å². The van der Waals surface area contributed by atoms with Crippen LogP contribution in [0.1, 0.15) is 28.1 Å². The van der Waals surface area contributed by atoms with Crippen molar-refractivity contribution in [2.75, 3.05) is 13.1 Å². The van der Waals surface area contributed by atoms with Gasteiger partial charge in [-0.15, -0.1) is 11.3 Å². The predicted octanol–water partition coefficient (Wildman–Crippen LogP) is 4.13. The molecular weight excluding hydrogens is 380 g/mol. The van der Waals surface area contributed by atoms with Crippen molar-refractivity contribution < 1.29 is 9.59 Å². The first-order valence-electron chi connectivity index (χ1n) is 8.86. The number of hydrogen-bond acceptors (Lipinski definition) is 3. The Bertz CT molecular complexity index is 996. The van der Waals surface area contributed by atoms with Crippen LogP contribution in [0.3, 0.4) is 0 Å². The molecule has 1 aliphatic carbocycles. The molecule has 27 heavy (non-hydrogen) atoms. The second-order valence-electron chi connectivity index (χ2n) is 6.85. The van der Waals surface area contributed by atoms with E-state index in [1.54, 1.807) is 0 Å². The highest BCUT2D eigenvalue weighted by atomic mass is 35.5. The zero-order valence-electron chi connectivity index (χ0n) is 14.6. The van der Waals surface area contributed by atoms with Crippen LogP contribution in [0.25, 0.3) is 10.1 Å². The van der Waals surface area contributed by atoms with E-state index in [1.807, 2.05) is 42.5 Å². The molecule has 2 amide bonds. The van der Waals surface area contributed by atoms with Crippen molar-refractivity contribution in [1.29, 1.82) is 0 Å². The molecule has 1 fully saturated rings. The summed E-state index contributed by atoms with van der Waals surface area (Å²) in [5.41, 5.74) is 1.31. The van der Waals surface area contributed by atoms with Gasteiger partial charge in [-0.05, 0) is 24.5 Å². The van der Waals surface area contributed by atoms with Gasteiger partial charge >= 0.3 is 0 Å². The third kappa shape index (κ3) is 3.70. The minimum absolute atomic E-state index is 0.0513. The SMILES string of the molecule is O=C(CNC(=O)c1sc2ccccc2c1Cl)NCC1(c2ccccc2)CC1. The Hall–Kier alpha value is -2.37. The van der Waals surface area contributed by atoms with Crippen LogP contribution in [-0.4, -0.2) is 24.9 Å². The van der Waals surface area contributed by atoms with Gasteiger partial charge < -0.3 is 10.6 Å². The lowest BCUT2D eigenvalue weighted by Crippen LogP contribution is -2.40. The minimum atomic E-state index is -0.319. The van der Waals surface area contributed by atoms with Crippen LogP contribution >= 0.6 is 22.9 Å². The molecule has 0 aliphatic heterocycles. The number of benzene rings is 2. The summed E-state index contributed by atoms with van der Waals surface area (Å²) in [6.45, 7) is 0.531. The maximum Gasteiger partial charge on any atom is 0.263 e. The Kier molecular flexibility index (Phi) is 4.89. The van der Waals surface area contributed by atoms with Gasteiger partial charge in [0.2, 0.25) is 5.91 Å². The van der Waals surface area contributed by atoms with Crippen molar-refractivity contribution in [3.8, 4) is 0 Å². The number of fused-ring (bicyclic) bond motifs is 1. The Balaban J connectivity index is 1.33. The second kappa shape index (κ2) is 7.33. The summed E-state index contributed by atoms with van der Waals surface area (Å²) in [5, 5.41) is 6.92. The Morgan fingerprint density at radius 2 is 1.70 bits per heavy atom. The Labute approximate surface area is 166 Å². The van der Waals surface area contributed by atoms with Gasteiger partial charge in [-0.2, -0.15) is 0 Å². The van der Waals surface area contributed by atoms with Crippen LogP contribution in [0.2, 0.25) is 5.02 Å². The maximum atomic E-state index is 12.4. The zero-order chi connectivity index (χ0) is 18.9. The number of thiophene rings is 1. The molecule has 0 unspecified atom stereocenters. The van der Waals surface area contributed by atoms with Gasteiger partial charge in [0, 0.05) is 22.0 Å². The molecule has 0 atom stereocenters. The van der Waals surface area contributed by atoms with Crippen LogP contribution in [0.15, 0.2) is 54.6 Å². The van der Waals surface area contributed by atoms with E-state index < -0.39 is 0 Å². The standard InChI is InChI=1S/C21H19ClN2O2S/c22-18-15-8-4-5-9-16(15)27-19(18)20(26)23-12-17(25)24-13-21(10-11-21)14-6-2-1-3-7-14/h1-9H,10-13H2,(H,23,26)(H,24,25). The molecule has 1 aromatic heterocycles. The maximum absolute atomic E-state index is 12.4. The van der Waals surface area contributed by atoms with E-state index in [0.717, 1.165) is 22.9 Å². The van der Waals surface area contributed by atoms with Crippen LogP contribution < -0.4 is 10.6 Å². The van der Waals surface area contributed by atoms with E-state index in [4.69, 9.17) is 11.6 Å². The molecule has 2 aromatic carbocycles. The van der Waals surface area contributed by atoms with Crippen LogP contribution in [0.5, 0.6) is 0 Å². The molecule has 2 N–H and O–H groups in total. The highest BCUT2D eigenvalue weighted by Crippen LogP contribution is 2.47. The summed E-state index contributed by atoms with van der Waals surface area (Å²) in [6, 6.07) is 17.8. The topological polar surface area (TPSA) is 58.2 Å². The first-order chi connectivity index (χ1) is 13.1. The molecule has 3 aromatic rings. The van der Waals surface area contributed by atoms with Crippen molar-refractivity contribution in [3.05, 3.63) is 70.1 Å². The van der Waals surface area contributed by atoms with Gasteiger partial charge in [-0.1, -0.05) is 60.1 Å². The lowest BCUT2D eigenvalue weighted by Gasteiger charge is -2.16. The van der Waals surface area contributed by atoms with Crippen molar-refractivity contribution in [2.24, 2.45) is 0 Å². The van der Waals surface area contributed by atoms with E-state index in [9.17, 15) is 9.59 Å². The van der Waals surface area contributed by atoms with E-state index in [0.29, 0.717) is 16.4 Å². The molecule has 1 heterocycles. The molecule has 0 saturated heterocycles. The summed E-state index contributed by atoms with van der Waals surface area (Å²) in [4.78, 5) is 25.0. The average Bonchev–Trinajstić information content (AvgIpc) is 3.43. The average molecular weight is 399 g/mol. The third-order valence-corrected chi connectivity index (χ3v) is 6.69. The lowest BCUT2D eigenvalue weighted by molar-refractivity contribution is -0.120. The fourth-order valence-electron chi connectivity index (χ4n) is 3.24. The van der Waals surface area contributed by atoms with Crippen LogP contribution in [-0.2, 0) is 10.2 Å². The molecule has 0 spiro atoms. The van der Waals surface area contributed by atoms with Gasteiger partial charge in [-0.25, -0.2) is 0 Å². The molecule has 0 radical (unpaired) electrons. The predicted molar refractivity (Wildman–Crippen MR) is 110 cm³/mol. The molecular formula is C21H19ClN2O2S. The number of rotatable bonds is 6. The van der Waals surface area contributed by atoms with Crippen molar-refractivity contribution >= 4 is 44.8 Å². The number of carbonyl (C=O) groups is 2. The van der Waals surface area contributed by atoms with Crippen LogP contribution in [0, 0.1) is 0 Å². The quantitative estimate of drug-likeness (QED) is 0.655. The van der Waals surface area contributed by atoms with Crippen molar-refractivity contribution in [1.82, 2.24) is 10.6 Å². The molecule has 0 bridgehead atoms. The van der Waals surface area contributed by atoms with E-state index >= 15 is 0 Å². The van der Waals surface area contributed by atoms with Gasteiger partial charge in [0.1, 0.15) is 4.88 Å². The second-order valence-corrected chi connectivity index (χ2v) is 8.28. The molecule has 1 aliphatic rings. The van der Waals surface area contributed by atoms with Gasteiger partial charge in [0.05, 0.1) is 11.6 Å². The summed E-state index contributed by atoms with van der Waals surface area (Å²) in [6.07, 6.45) is 2.14. The third-order valence-electron chi connectivity index (χ3n) is 5.01. The van der Waals surface area contributed by atoms with Crippen molar-refractivity contribution in [2.45, 2.75) is 18.3 Å². The number of nitrogens with one attached hydrogen (secondary N) is 2. The summed E-state index contributed by atoms with van der Waals surface area (Å²) in [7, 11) is 0. The lowest BCUT2D eigenvalue weighted by atomic mass is 9.96. The largest absolute Gasteiger partial charge is 0.354 e. The number of carbonyl (C=O) groups excluding carboxylic acids is 2.